The Bertz CT molecular complexity index is 389. The second kappa shape index (κ2) is 3.06. The van der Waals surface area contributed by atoms with Crippen LogP contribution in [0.5, 0.6) is 0 Å². The molecule has 0 spiro atoms. The molecule has 0 radical (unpaired) electrons. The Hall–Kier alpha value is -1.55. The van der Waals surface area contributed by atoms with Crippen molar-refractivity contribution in [3.63, 3.8) is 0 Å². The molecule has 4 heteroatoms. The smallest absolute Gasteiger partial charge is 0.147 e. The van der Waals surface area contributed by atoms with Crippen LogP contribution in [0.15, 0.2) is 30.3 Å². The van der Waals surface area contributed by atoms with Crippen molar-refractivity contribution in [2.24, 2.45) is 0 Å². The molecule has 2 aromatic rings. The maximum absolute atomic E-state index is 5.75. The summed E-state index contributed by atoms with van der Waals surface area (Å²) in [5, 5.41) is 0.670. The van der Waals surface area contributed by atoms with Crippen LogP contribution < -0.4 is 11.5 Å². The highest BCUT2D eigenvalue weighted by molar-refractivity contribution is 7.11. The number of rotatable bonds is 1. The van der Waals surface area contributed by atoms with Crippen LogP contribution in [0.2, 0.25) is 0 Å². The van der Waals surface area contributed by atoms with E-state index in [1.165, 1.54) is 11.5 Å². The van der Waals surface area contributed by atoms with Crippen LogP contribution in [0.4, 0.5) is 10.8 Å². The molecule has 0 saturated heterocycles. The van der Waals surface area contributed by atoms with Crippen LogP contribution in [0.1, 0.15) is 0 Å². The third-order valence-electron chi connectivity index (χ3n) is 1.81. The molecule has 0 saturated carbocycles. The van der Waals surface area contributed by atoms with Crippen LogP contribution in [-0.2, 0) is 0 Å². The first-order valence-corrected chi connectivity index (χ1v) is 4.62. The number of aromatic nitrogens is 1. The van der Waals surface area contributed by atoms with Gasteiger partial charge in [-0.05, 0) is 17.1 Å². The van der Waals surface area contributed by atoms with Crippen molar-refractivity contribution in [3.05, 3.63) is 30.3 Å². The molecular weight excluding hydrogens is 182 g/mol. The molecule has 2 rings (SSSR count). The molecule has 0 amide bonds. The van der Waals surface area contributed by atoms with Gasteiger partial charge in [-0.2, -0.15) is 4.37 Å². The van der Waals surface area contributed by atoms with Gasteiger partial charge in [0.1, 0.15) is 10.8 Å². The molecule has 4 N–H and O–H groups in total. The van der Waals surface area contributed by atoms with E-state index >= 15 is 0 Å². The monoisotopic (exact) mass is 191 g/mol. The van der Waals surface area contributed by atoms with Crippen molar-refractivity contribution >= 4 is 22.4 Å². The minimum absolute atomic E-state index is 0.508. The summed E-state index contributed by atoms with van der Waals surface area (Å²) in [7, 11) is 0. The van der Waals surface area contributed by atoms with Gasteiger partial charge in [-0.3, -0.25) is 0 Å². The summed E-state index contributed by atoms with van der Waals surface area (Å²) in [6, 6.07) is 9.79. The van der Waals surface area contributed by atoms with Crippen molar-refractivity contribution in [2.75, 3.05) is 11.5 Å². The summed E-state index contributed by atoms with van der Waals surface area (Å²) in [4.78, 5) is 0. The first-order valence-electron chi connectivity index (χ1n) is 3.85. The predicted octanol–water partition coefficient (Wildman–Crippen LogP) is 1.97. The quantitative estimate of drug-likeness (QED) is 0.724. The highest BCUT2D eigenvalue weighted by Crippen LogP contribution is 2.33. The largest absolute Gasteiger partial charge is 0.389 e. The van der Waals surface area contributed by atoms with E-state index in [1.54, 1.807) is 0 Å². The molecule has 13 heavy (non-hydrogen) atoms. The Labute approximate surface area is 80.2 Å². The molecule has 1 heterocycles. The fraction of sp³-hybridized carbons (Fsp3) is 0. The lowest BCUT2D eigenvalue weighted by Crippen LogP contribution is -1.89. The first kappa shape index (κ1) is 8.07. The Kier molecular flexibility index (Phi) is 1.90. The van der Waals surface area contributed by atoms with Gasteiger partial charge in [0.05, 0.1) is 5.56 Å². The number of nitrogens with zero attached hydrogens (tertiary/aromatic N) is 1. The van der Waals surface area contributed by atoms with Gasteiger partial charge in [-0.15, -0.1) is 0 Å². The van der Waals surface area contributed by atoms with E-state index in [0.717, 1.165) is 11.1 Å². The summed E-state index contributed by atoms with van der Waals surface area (Å²) in [5.41, 5.74) is 13.3. The molecule has 0 aliphatic heterocycles. The normalized spacial score (nSPS) is 10.2. The number of hydrogen-bond donors (Lipinski definition) is 2. The highest BCUT2D eigenvalue weighted by atomic mass is 32.1. The van der Waals surface area contributed by atoms with Crippen molar-refractivity contribution < 1.29 is 0 Å². The summed E-state index contributed by atoms with van der Waals surface area (Å²) >= 11 is 1.23. The minimum atomic E-state index is 0.508. The molecule has 0 fully saturated rings. The second-order valence-corrected chi connectivity index (χ2v) is 3.48. The van der Waals surface area contributed by atoms with Gasteiger partial charge in [-0.1, -0.05) is 30.3 Å². The molecule has 66 valence electrons. The average Bonchev–Trinajstić information content (AvgIpc) is 2.48. The van der Waals surface area contributed by atoms with E-state index in [2.05, 4.69) is 4.37 Å². The van der Waals surface area contributed by atoms with E-state index in [1.807, 2.05) is 30.3 Å². The number of benzene rings is 1. The van der Waals surface area contributed by atoms with Gasteiger partial charge in [0.25, 0.3) is 0 Å². The predicted molar refractivity (Wildman–Crippen MR) is 56.4 cm³/mol. The summed E-state index contributed by atoms with van der Waals surface area (Å²) in [5.74, 6) is 0.508. The molecule has 1 aromatic heterocycles. The minimum Gasteiger partial charge on any atom is -0.389 e. The van der Waals surface area contributed by atoms with Gasteiger partial charge in [0.2, 0.25) is 0 Å². The van der Waals surface area contributed by atoms with E-state index < -0.39 is 0 Å². The Morgan fingerprint density at radius 3 is 2.31 bits per heavy atom. The maximum atomic E-state index is 5.75. The van der Waals surface area contributed by atoms with Crippen molar-refractivity contribution in [1.29, 1.82) is 0 Å². The Morgan fingerprint density at radius 1 is 1.08 bits per heavy atom. The fourth-order valence-electron chi connectivity index (χ4n) is 1.21. The maximum Gasteiger partial charge on any atom is 0.147 e. The topological polar surface area (TPSA) is 64.9 Å². The zero-order chi connectivity index (χ0) is 9.26. The van der Waals surface area contributed by atoms with Crippen LogP contribution in [0.3, 0.4) is 0 Å². The number of anilines is 2. The molecule has 0 aliphatic rings. The Morgan fingerprint density at radius 2 is 1.77 bits per heavy atom. The zero-order valence-corrected chi connectivity index (χ0v) is 7.71. The van der Waals surface area contributed by atoms with Gasteiger partial charge >= 0.3 is 0 Å². The SMILES string of the molecule is Nc1nsc(N)c1-c1ccccc1. The van der Waals surface area contributed by atoms with E-state index in [4.69, 9.17) is 11.5 Å². The zero-order valence-electron chi connectivity index (χ0n) is 6.90. The lowest BCUT2D eigenvalue weighted by molar-refractivity contribution is 1.55. The third kappa shape index (κ3) is 1.36. The van der Waals surface area contributed by atoms with E-state index in [0.29, 0.717) is 10.8 Å². The molecule has 0 bridgehead atoms. The van der Waals surface area contributed by atoms with Gasteiger partial charge in [-0.25, -0.2) is 0 Å². The standard InChI is InChI=1S/C9H9N3S/c10-8-7(9(11)13-12-8)6-4-2-1-3-5-6/h1-5H,11H2,(H2,10,12). The third-order valence-corrected chi connectivity index (χ3v) is 2.50. The van der Waals surface area contributed by atoms with Gasteiger partial charge < -0.3 is 11.5 Å². The number of nitrogens with two attached hydrogens (primary N) is 2. The van der Waals surface area contributed by atoms with Crippen LogP contribution in [0.25, 0.3) is 11.1 Å². The summed E-state index contributed by atoms with van der Waals surface area (Å²) < 4.78 is 3.99. The van der Waals surface area contributed by atoms with Crippen molar-refractivity contribution in [2.45, 2.75) is 0 Å². The lowest BCUT2D eigenvalue weighted by atomic mass is 10.1. The van der Waals surface area contributed by atoms with Gasteiger partial charge in [0.15, 0.2) is 0 Å². The molecule has 0 aliphatic carbocycles. The Balaban J connectivity index is 2.59. The number of hydrogen-bond acceptors (Lipinski definition) is 4. The number of nitrogen functional groups attached to an aromatic ring is 2. The first-order chi connectivity index (χ1) is 6.29. The summed E-state index contributed by atoms with van der Waals surface area (Å²) in [6.45, 7) is 0. The lowest BCUT2D eigenvalue weighted by Gasteiger charge is -1.99. The molecule has 0 unspecified atom stereocenters. The molecule has 0 atom stereocenters. The van der Waals surface area contributed by atoms with Gasteiger partial charge in [0, 0.05) is 0 Å². The average molecular weight is 191 g/mol. The van der Waals surface area contributed by atoms with Crippen LogP contribution in [-0.4, -0.2) is 4.37 Å². The highest BCUT2D eigenvalue weighted by Gasteiger charge is 2.09. The van der Waals surface area contributed by atoms with Crippen LogP contribution >= 0.6 is 11.5 Å². The molecular formula is C9H9N3S. The fourth-order valence-corrected chi connectivity index (χ4v) is 1.81. The summed E-state index contributed by atoms with van der Waals surface area (Å²) in [6.07, 6.45) is 0. The van der Waals surface area contributed by atoms with E-state index in [-0.39, 0.29) is 0 Å². The van der Waals surface area contributed by atoms with Crippen molar-refractivity contribution in [1.82, 2.24) is 4.37 Å². The van der Waals surface area contributed by atoms with E-state index in [9.17, 15) is 0 Å². The second-order valence-electron chi connectivity index (χ2n) is 2.67. The van der Waals surface area contributed by atoms with Crippen LogP contribution in [0, 0.1) is 0 Å². The van der Waals surface area contributed by atoms with Crippen molar-refractivity contribution in [3.8, 4) is 11.1 Å². The molecule has 3 nitrogen and oxygen atoms in total. The molecule has 1 aromatic carbocycles.